The quantitative estimate of drug-likeness (QED) is 0.838. The highest BCUT2D eigenvalue weighted by Crippen LogP contribution is 2.32. The maximum absolute atomic E-state index is 6.53. The normalized spacial score (nSPS) is 29.7. The Balaban J connectivity index is 1.75. The van der Waals surface area contributed by atoms with E-state index in [0.717, 1.165) is 17.9 Å². The summed E-state index contributed by atoms with van der Waals surface area (Å²) in [5, 5.41) is 0. The van der Waals surface area contributed by atoms with E-state index >= 15 is 0 Å². The Morgan fingerprint density at radius 1 is 1.00 bits per heavy atom. The van der Waals surface area contributed by atoms with Crippen molar-refractivity contribution in [1.29, 1.82) is 0 Å². The highest BCUT2D eigenvalue weighted by atomic mass is 16.3. The average molecular weight is 272 g/mol. The van der Waals surface area contributed by atoms with Crippen molar-refractivity contribution in [3.05, 3.63) is 60.5 Å². The number of hydrogen-bond donors (Lipinski definition) is 2. The molecule has 0 saturated carbocycles. The number of furan rings is 2. The summed E-state index contributed by atoms with van der Waals surface area (Å²) in [5.41, 5.74) is 12.2. The lowest BCUT2D eigenvalue weighted by molar-refractivity contribution is 0.272. The number of rotatable bonds is 4. The summed E-state index contributed by atoms with van der Waals surface area (Å²) in [5.74, 6) is 1.79. The lowest BCUT2D eigenvalue weighted by Crippen LogP contribution is -2.55. The minimum atomic E-state index is -0.461. The van der Waals surface area contributed by atoms with Crippen LogP contribution < -0.4 is 11.5 Å². The molecule has 4 heteroatoms. The molecule has 4 N–H and O–H groups in total. The lowest BCUT2D eigenvalue weighted by Gasteiger charge is -2.40. The lowest BCUT2D eigenvalue weighted by atomic mass is 9.72. The Hall–Kier alpha value is -1.78. The van der Waals surface area contributed by atoms with Gasteiger partial charge in [-0.1, -0.05) is 12.2 Å². The Morgan fingerprint density at radius 2 is 1.65 bits per heavy atom. The van der Waals surface area contributed by atoms with Gasteiger partial charge in [-0.2, -0.15) is 0 Å². The molecule has 1 aliphatic rings. The molecule has 0 radical (unpaired) electrons. The van der Waals surface area contributed by atoms with Crippen molar-refractivity contribution in [1.82, 2.24) is 0 Å². The van der Waals surface area contributed by atoms with Crippen LogP contribution in [0.25, 0.3) is 0 Å². The van der Waals surface area contributed by atoms with Gasteiger partial charge in [0.25, 0.3) is 0 Å². The topological polar surface area (TPSA) is 78.3 Å². The second-order valence-corrected chi connectivity index (χ2v) is 5.89. The summed E-state index contributed by atoms with van der Waals surface area (Å²) in [6.07, 6.45) is 10.4. The van der Waals surface area contributed by atoms with Crippen LogP contribution in [0.3, 0.4) is 0 Å². The van der Waals surface area contributed by atoms with Crippen LogP contribution in [-0.4, -0.2) is 11.1 Å². The Kier molecular flexibility index (Phi) is 3.28. The first-order valence-corrected chi connectivity index (χ1v) is 6.87. The maximum atomic E-state index is 6.53. The van der Waals surface area contributed by atoms with Crippen molar-refractivity contribution in [2.75, 3.05) is 0 Å². The zero-order chi connectivity index (χ0) is 14.1. The minimum Gasteiger partial charge on any atom is -0.469 e. The van der Waals surface area contributed by atoms with Crippen LogP contribution in [0.1, 0.15) is 24.4 Å². The molecule has 2 atom stereocenters. The molecule has 3 rings (SSSR count). The summed E-state index contributed by atoms with van der Waals surface area (Å²) < 4.78 is 10.8. The second kappa shape index (κ2) is 4.96. The fourth-order valence-corrected chi connectivity index (χ4v) is 3.07. The summed E-state index contributed by atoms with van der Waals surface area (Å²) in [4.78, 5) is 0. The fraction of sp³-hybridized carbons (Fsp3) is 0.375. The third kappa shape index (κ3) is 2.86. The third-order valence-corrected chi connectivity index (χ3v) is 3.85. The van der Waals surface area contributed by atoms with Gasteiger partial charge in [0.05, 0.1) is 12.5 Å². The van der Waals surface area contributed by atoms with Gasteiger partial charge >= 0.3 is 0 Å². The van der Waals surface area contributed by atoms with E-state index in [1.54, 1.807) is 12.5 Å². The molecular formula is C16H20N2O2. The highest BCUT2D eigenvalue weighted by molar-refractivity contribution is 5.21. The highest BCUT2D eigenvalue weighted by Gasteiger charge is 2.38. The first-order chi connectivity index (χ1) is 9.57. The minimum absolute atomic E-state index is 0.367. The van der Waals surface area contributed by atoms with E-state index in [1.807, 2.05) is 24.3 Å². The predicted molar refractivity (Wildman–Crippen MR) is 77.0 cm³/mol. The number of nitrogens with two attached hydrogens (primary N) is 2. The van der Waals surface area contributed by atoms with Gasteiger partial charge in [0, 0.05) is 23.9 Å². The Morgan fingerprint density at radius 3 is 2.25 bits per heavy atom. The molecule has 2 aromatic rings. The molecule has 0 aromatic carbocycles. The van der Waals surface area contributed by atoms with Crippen LogP contribution in [0.5, 0.6) is 0 Å². The van der Waals surface area contributed by atoms with E-state index in [4.69, 9.17) is 20.3 Å². The molecular weight excluding hydrogens is 252 g/mol. The molecule has 0 bridgehead atoms. The zero-order valence-corrected chi connectivity index (χ0v) is 11.4. The largest absolute Gasteiger partial charge is 0.469 e. The molecule has 2 aromatic heterocycles. The van der Waals surface area contributed by atoms with Crippen LogP contribution >= 0.6 is 0 Å². The Bertz CT molecular complexity index is 574. The SMILES string of the molecule is NC1(Cc2ccco2)C=CCC(N)(Cc2ccco2)C1. The van der Waals surface area contributed by atoms with Gasteiger partial charge in [-0.3, -0.25) is 0 Å². The standard InChI is InChI=1S/C16H20N2O2/c17-15(10-13-4-1-8-19-13)6-3-7-16(18,12-15)11-14-5-2-9-20-14/h1-6,8-9H,7,10-12,17-18H2. The van der Waals surface area contributed by atoms with Crippen molar-refractivity contribution in [3.8, 4) is 0 Å². The monoisotopic (exact) mass is 272 g/mol. The van der Waals surface area contributed by atoms with E-state index < -0.39 is 5.54 Å². The van der Waals surface area contributed by atoms with Gasteiger partial charge in [0.1, 0.15) is 11.5 Å². The zero-order valence-electron chi connectivity index (χ0n) is 11.4. The van der Waals surface area contributed by atoms with Gasteiger partial charge < -0.3 is 20.3 Å². The van der Waals surface area contributed by atoms with Crippen molar-refractivity contribution < 1.29 is 8.83 Å². The fourth-order valence-electron chi connectivity index (χ4n) is 3.07. The summed E-state index contributed by atoms with van der Waals surface area (Å²) in [6, 6.07) is 7.67. The second-order valence-electron chi connectivity index (χ2n) is 5.89. The van der Waals surface area contributed by atoms with Gasteiger partial charge in [0.15, 0.2) is 0 Å². The molecule has 2 unspecified atom stereocenters. The molecule has 20 heavy (non-hydrogen) atoms. The van der Waals surface area contributed by atoms with Crippen molar-refractivity contribution in [2.24, 2.45) is 11.5 Å². The molecule has 4 nitrogen and oxygen atoms in total. The van der Waals surface area contributed by atoms with Crippen molar-refractivity contribution >= 4 is 0 Å². The van der Waals surface area contributed by atoms with Crippen LogP contribution in [0.15, 0.2) is 57.8 Å². The van der Waals surface area contributed by atoms with E-state index in [9.17, 15) is 0 Å². The third-order valence-electron chi connectivity index (χ3n) is 3.85. The smallest absolute Gasteiger partial charge is 0.105 e. The van der Waals surface area contributed by atoms with Gasteiger partial charge in [0.2, 0.25) is 0 Å². The number of hydrogen-bond acceptors (Lipinski definition) is 4. The molecule has 1 aliphatic carbocycles. The van der Waals surface area contributed by atoms with E-state index in [0.29, 0.717) is 19.3 Å². The first-order valence-electron chi connectivity index (χ1n) is 6.87. The van der Waals surface area contributed by atoms with Gasteiger partial charge in [-0.15, -0.1) is 0 Å². The molecule has 106 valence electrons. The molecule has 0 aliphatic heterocycles. The molecule has 0 fully saturated rings. The van der Waals surface area contributed by atoms with Gasteiger partial charge in [-0.05, 0) is 37.1 Å². The molecule has 0 saturated heterocycles. The molecule has 0 spiro atoms. The average Bonchev–Trinajstić information content (AvgIpc) is 3.01. The Labute approximate surface area is 118 Å². The van der Waals surface area contributed by atoms with Gasteiger partial charge in [-0.25, -0.2) is 0 Å². The maximum Gasteiger partial charge on any atom is 0.105 e. The van der Waals surface area contributed by atoms with Crippen molar-refractivity contribution in [2.45, 2.75) is 36.8 Å². The van der Waals surface area contributed by atoms with E-state index in [-0.39, 0.29) is 5.54 Å². The van der Waals surface area contributed by atoms with Crippen LogP contribution in [0.2, 0.25) is 0 Å². The predicted octanol–water partition coefficient (Wildman–Crippen LogP) is 2.40. The van der Waals surface area contributed by atoms with Crippen molar-refractivity contribution in [3.63, 3.8) is 0 Å². The van der Waals surface area contributed by atoms with Crippen LogP contribution in [0, 0.1) is 0 Å². The summed E-state index contributed by atoms with van der Waals surface area (Å²) in [7, 11) is 0. The molecule has 2 heterocycles. The summed E-state index contributed by atoms with van der Waals surface area (Å²) >= 11 is 0. The van der Waals surface area contributed by atoms with E-state index in [2.05, 4.69) is 12.2 Å². The van der Waals surface area contributed by atoms with E-state index in [1.165, 1.54) is 0 Å². The van der Waals surface area contributed by atoms with Crippen LogP contribution in [0.4, 0.5) is 0 Å². The molecule has 0 amide bonds. The summed E-state index contributed by atoms with van der Waals surface area (Å²) in [6.45, 7) is 0. The van der Waals surface area contributed by atoms with Crippen LogP contribution in [-0.2, 0) is 12.8 Å². The first kappa shape index (κ1) is 13.2.